The van der Waals surface area contributed by atoms with Gasteiger partial charge in [-0.3, -0.25) is 4.79 Å². The summed E-state index contributed by atoms with van der Waals surface area (Å²) >= 11 is 9.01. The van der Waals surface area contributed by atoms with Gasteiger partial charge in [0.1, 0.15) is 17.6 Å². The SMILES string of the molecule is N#CC(C(=O)c1ccc(Cl)c(Br)c1)c1cc(F)cc(F)c1. The van der Waals surface area contributed by atoms with Crippen LogP contribution in [0.4, 0.5) is 8.78 Å². The number of halogens is 4. The number of nitriles is 1. The van der Waals surface area contributed by atoms with Crippen LogP contribution in [-0.4, -0.2) is 5.78 Å². The number of benzene rings is 2. The molecule has 0 aliphatic heterocycles. The third-order valence-electron chi connectivity index (χ3n) is 2.81. The van der Waals surface area contributed by atoms with Crippen molar-refractivity contribution in [2.45, 2.75) is 5.92 Å². The molecule has 0 N–H and O–H groups in total. The quantitative estimate of drug-likeness (QED) is 0.723. The van der Waals surface area contributed by atoms with E-state index in [9.17, 15) is 13.6 Å². The lowest BCUT2D eigenvalue weighted by molar-refractivity contribution is 0.0978. The molecule has 1 unspecified atom stereocenters. The summed E-state index contributed by atoms with van der Waals surface area (Å²) < 4.78 is 26.9. The maximum absolute atomic E-state index is 13.2. The Bertz CT molecular complexity index is 738. The third-order valence-corrected chi connectivity index (χ3v) is 4.03. The van der Waals surface area contributed by atoms with Crippen molar-refractivity contribution in [2.24, 2.45) is 0 Å². The largest absolute Gasteiger partial charge is 0.292 e. The zero-order valence-electron chi connectivity index (χ0n) is 10.4. The number of hydrogen-bond acceptors (Lipinski definition) is 2. The molecule has 0 radical (unpaired) electrons. The van der Waals surface area contributed by atoms with Gasteiger partial charge in [-0.1, -0.05) is 11.6 Å². The van der Waals surface area contributed by atoms with Crippen molar-refractivity contribution in [3.05, 3.63) is 68.7 Å². The van der Waals surface area contributed by atoms with Gasteiger partial charge in [0.05, 0.1) is 11.1 Å². The molecular formula is C15H7BrClF2NO. The van der Waals surface area contributed by atoms with Crippen LogP contribution >= 0.6 is 27.5 Å². The van der Waals surface area contributed by atoms with E-state index in [0.29, 0.717) is 15.6 Å². The Labute approximate surface area is 133 Å². The maximum Gasteiger partial charge on any atom is 0.184 e. The molecule has 0 saturated carbocycles. The zero-order valence-corrected chi connectivity index (χ0v) is 12.8. The van der Waals surface area contributed by atoms with E-state index in [1.807, 2.05) is 0 Å². The van der Waals surface area contributed by atoms with Gasteiger partial charge in [0.15, 0.2) is 5.78 Å². The molecule has 0 aliphatic carbocycles. The van der Waals surface area contributed by atoms with Gasteiger partial charge in [0.25, 0.3) is 0 Å². The minimum atomic E-state index is -1.29. The lowest BCUT2D eigenvalue weighted by Crippen LogP contribution is -2.12. The van der Waals surface area contributed by atoms with Gasteiger partial charge in [-0.05, 0) is 51.8 Å². The molecular weight excluding hydrogens is 364 g/mol. The molecule has 0 heterocycles. The van der Waals surface area contributed by atoms with Crippen molar-refractivity contribution in [3.63, 3.8) is 0 Å². The molecule has 2 rings (SSSR count). The van der Waals surface area contributed by atoms with Gasteiger partial charge < -0.3 is 0 Å². The van der Waals surface area contributed by atoms with E-state index in [0.717, 1.165) is 12.1 Å². The molecule has 0 aromatic heterocycles. The van der Waals surface area contributed by atoms with E-state index in [1.165, 1.54) is 18.2 Å². The standard InChI is InChI=1S/C15H7BrClF2NO/c16-13-5-8(1-2-14(13)17)15(21)12(7-20)9-3-10(18)6-11(19)4-9/h1-6,12H. The van der Waals surface area contributed by atoms with Crippen LogP contribution < -0.4 is 0 Å². The highest BCUT2D eigenvalue weighted by Crippen LogP contribution is 2.27. The highest BCUT2D eigenvalue weighted by molar-refractivity contribution is 9.10. The van der Waals surface area contributed by atoms with E-state index in [4.69, 9.17) is 16.9 Å². The lowest BCUT2D eigenvalue weighted by atomic mass is 9.92. The molecule has 0 bridgehead atoms. The first kappa shape index (κ1) is 15.6. The second kappa shape index (κ2) is 6.33. The first-order chi connectivity index (χ1) is 9.92. The Balaban J connectivity index is 2.43. The molecule has 0 saturated heterocycles. The van der Waals surface area contributed by atoms with Gasteiger partial charge in [0.2, 0.25) is 0 Å². The second-order valence-electron chi connectivity index (χ2n) is 4.26. The second-order valence-corrected chi connectivity index (χ2v) is 5.52. The molecule has 2 aromatic carbocycles. The predicted octanol–water partition coefficient (Wildman–Crippen LogP) is 4.87. The minimum absolute atomic E-state index is 0.0222. The molecule has 0 aliphatic rings. The fourth-order valence-electron chi connectivity index (χ4n) is 1.84. The summed E-state index contributed by atoms with van der Waals surface area (Å²) in [6.45, 7) is 0. The molecule has 106 valence electrons. The minimum Gasteiger partial charge on any atom is -0.292 e. The highest BCUT2D eigenvalue weighted by Gasteiger charge is 2.23. The number of carbonyl (C=O) groups excluding carboxylic acids is 1. The number of rotatable bonds is 3. The van der Waals surface area contributed by atoms with Crippen LogP contribution in [0, 0.1) is 23.0 Å². The summed E-state index contributed by atoms with van der Waals surface area (Å²) in [6.07, 6.45) is 0. The molecule has 2 aromatic rings. The first-order valence-corrected chi connectivity index (χ1v) is 6.94. The number of ketones is 1. The topological polar surface area (TPSA) is 40.9 Å². The summed E-state index contributed by atoms with van der Waals surface area (Å²) in [6, 6.07) is 8.82. The van der Waals surface area contributed by atoms with E-state index in [-0.39, 0.29) is 11.1 Å². The number of carbonyl (C=O) groups is 1. The van der Waals surface area contributed by atoms with Gasteiger partial charge >= 0.3 is 0 Å². The third kappa shape index (κ3) is 3.46. The van der Waals surface area contributed by atoms with Crippen molar-refractivity contribution in [3.8, 4) is 6.07 Å². The van der Waals surface area contributed by atoms with Gasteiger partial charge in [-0.2, -0.15) is 5.26 Å². The van der Waals surface area contributed by atoms with E-state index >= 15 is 0 Å². The van der Waals surface area contributed by atoms with Crippen molar-refractivity contribution < 1.29 is 13.6 Å². The number of nitrogens with zero attached hydrogens (tertiary/aromatic N) is 1. The van der Waals surface area contributed by atoms with Crippen molar-refractivity contribution >= 4 is 33.3 Å². The molecule has 21 heavy (non-hydrogen) atoms. The Kier molecular flexibility index (Phi) is 4.71. The van der Waals surface area contributed by atoms with Crippen LogP contribution in [-0.2, 0) is 0 Å². The molecule has 0 spiro atoms. The lowest BCUT2D eigenvalue weighted by Gasteiger charge is -2.10. The van der Waals surface area contributed by atoms with Crippen LogP contribution in [0.2, 0.25) is 5.02 Å². The average molecular weight is 371 g/mol. The molecule has 6 heteroatoms. The molecule has 0 fully saturated rings. The summed E-state index contributed by atoms with van der Waals surface area (Å²) in [4.78, 5) is 12.3. The highest BCUT2D eigenvalue weighted by atomic mass is 79.9. The van der Waals surface area contributed by atoms with Crippen molar-refractivity contribution in [2.75, 3.05) is 0 Å². The Hall–Kier alpha value is -1.77. The normalized spacial score (nSPS) is 11.8. The summed E-state index contributed by atoms with van der Waals surface area (Å²) in [5, 5.41) is 9.58. The molecule has 1 atom stereocenters. The van der Waals surface area contributed by atoms with Crippen molar-refractivity contribution in [1.29, 1.82) is 5.26 Å². The summed E-state index contributed by atoms with van der Waals surface area (Å²) in [5.74, 6) is -3.52. The average Bonchev–Trinajstić information content (AvgIpc) is 2.41. The van der Waals surface area contributed by atoms with Crippen LogP contribution in [0.15, 0.2) is 40.9 Å². The Morgan fingerprint density at radius 2 is 1.81 bits per heavy atom. The van der Waals surface area contributed by atoms with E-state index < -0.39 is 23.3 Å². The predicted molar refractivity (Wildman–Crippen MR) is 78.2 cm³/mol. The van der Waals surface area contributed by atoms with E-state index in [2.05, 4.69) is 15.9 Å². The Morgan fingerprint density at radius 3 is 2.33 bits per heavy atom. The molecule has 2 nitrogen and oxygen atoms in total. The summed E-state index contributed by atoms with van der Waals surface area (Å²) in [7, 11) is 0. The van der Waals surface area contributed by atoms with E-state index in [1.54, 1.807) is 6.07 Å². The van der Waals surface area contributed by atoms with Gasteiger partial charge in [-0.25, -0.2) is 8.78 Å². The van der Waals surface area contributed by atoms with Crippen LogP contribution in [0.25, 0.3) is 0 Å². The maximum atomic E-state index is 13.2. The fourth-order valence-corrected chi connectivity index (χ4v) is 2.34. The van der Waals surface area contributed by atoms with Crippen LogP contribution in [0.1, 0.15) is 21.8 Å². The monoisotopic (exact) mass is 369 g/mol. The first-order valence-electron chi connectivity index (χ1n) is 5.77. The summed E-state index contributed by atoms with van der Waals surface area (Å²) in [5.41, 5.74) is 0.202. The van der Waals surface area contributed by atoms with Gasteiger partial charge in [-0.15, -0.1) is 0 Å². The smallest absolute Gasteiger partial charge is 0.184 e. The Morgan fingerprint density at radius 1 is 1.19 bits per heavy atom. The van der Waals surface area contributed by atoms with Gasteiger partial charge in [0, 0.05) is 16.1 Å². The van der Waals surface area contributed by atoms with Crippen LogP contribution in [0.3, 0.4) is 0 Å². The van der Waals surface area contributed by atoms with Crippen LogP contribution in [0.5, 0.6) is 0 Å². The number of hydrogen-bond donors (Lipinski definition) is 0. The number of Topliss-reactive ketones (excluding diaryl/α,β-unsaturated/α-hetero) is 1. The molecule has 0 amide bonds. The van der Waals surface area contributed by atoms with Crippen molar-refractivity contribution in [1.82, 2.24) is 0 Å². The zero-order chi connectivity index (χ0) is 15.6. The fraction of sp³-hybridized carbons (Fsp3) is 0.0667.